The molecule has 4 nitrogen and oxygen atoms in total. The zero-order valence-electron chi connectivity index (χ0n) is 14.0. The highest BCUT2D eigenvalue weighted by Crippen LogP contribution is 2.22. The molecule has 122 valence electrons. The first kappa shape index (κ1) is 15.9. The van der Waals surface area contributed by atoms with Crippen molar-refractivity contribution in [2.45, 2.75) is 32.6 Å². The van der Waals surface area contributed by atoms with Crippen molar-refractivity contribution in [1.29, 1.82) is 0 Å². The summed E-state index contributed by atoms with van der Waals surface area (Å²) in [6, 6.07) is 12.3. The fraction of sp³-hybridized carbons (Fsp3) is 0.474. The average Bonchev–Trinajstić information content (AvgIpc) is 2.61. The van der Waals surface area contributed by atoms with Crippen LogP contribution in [0.5, 0.6) is 0 Å². The van der Waals surface area contributed by atoms with Crippen LogP contribution in [0.3, 0.4) is 0 Å². The van der Waals surface area contributed by atoms with E-state index in [0.29, 0.717) is 11.8 Å². The normalized spacial score (nSPS) is 18.1. The molecule has 1 aliphatic rings. The minimum Gasteiger partial charge on any atom is -0.370 e. The Morgan fingerprint density at radius 3 is 2.74 bits per heavy atom. The maximum Gasteiger partial charge on any atom is 0.161 e. The molecule has 2 aromatic rings. The first-order valence-electron chi connectivity index (χ1n) is 8.61. The molecule has 3 rings (SSSR count). The maximum absolute atomic E-state index is 4.73. The third kappa shape index (κ3) is 4.29. The number of nitrogens with zero attached hydrogens (tertiary/aromatic N) is 2. The second-order valence-corrected chi connectivity index (χ2v) is 6.62. The van der Waals surface area contributed by atoms with E-state index in [1.54, 1.807) is 0 Å². The van der Waals surface area contributed by atoms with Crippen LogP contribution in [0.2, 0.25) is 0 Å². The number of nitrogens with one attached hydrogen (secondary N) is 2. The Kier molecular flexibility index (Phi) is 5.23. The lowest BCUT2D eigenvalue weighted by molar-refractivity contribution is 0.392. The minimum atomic E-state index is 0.386. The molecule has 4 heteroatoms. The van der Waals surface area contributed by atoms with Gasteiger partial charge in [0.25, 0.3) is 0 Å². The van der Waals surface area contributed by atoms with Gasteiger partial charge in [0.05, 0.1) is 0 Å². The smallest absolute Gasteiger partial charge is 0.161 e. The van der Waals surface area contributed by atoms with E-state index >= 15 is 0 Å². The van der Waals surface area contributed by atoms with E-state index < -0.39 is 0 Å². The van der Waals surface area contributed by atoms with Crippen molar-refractivity contribution in [3.63, 3.8) is 0 Å². The number of hydrogen-bond acceptors (Lipinski definition) is 4. The highest BCUT2D eigenvalue weighted by molar-refractivity contribution is 5.57. The highest BCUT2D eigenvalue weighted by atomic mass is 15.0. The molecule has 1 fully saturated rings. The Labute approximate surface area is 138 Å². The fourth-order valence-electron chi connectivity index (χ4n) is 2.92. The SMILES string of the molecule is CC(C)c1cc(NCC2CCCNC2)nc(-c2ccccc2)n1. The van der Waals surface area contributed by atoms with E-state index in [-0.39, 0.29) is 0 Å². The number of piperidine rings is 1. The van der Waals surface area contributed by atoms with E-state index in [1.807, 2.05) is 18.2 Å². The van der Waals surface area contributed by atoms with Gasteiger partial charge >= 0.3 is 0 Å². The van der Waals surface area contributed by atoms with Crippen LogP contribution in [0.4, 0.5) is 5.82 Å². The summed E-state index contributed by atoms with van der Waals surface area (Å²) in [7, 11) is 0. The monoisotopic (exact) mass is 310 g/mol. The second kappa shape index (κ2) is 7.55. The zero-order chi connectivity index (χ0) is 16.1. The first-order valence-corrected chi connectivity index (χ1v) is 8.61. The van der Waals surface area contributed by atoms with Crippen molar-refractivity contribution in [3.05, 3.63) is 42.1 Å². The Bertz CT molecular complexity index is 619. The van der Waals surface area contributed by atoms with Gasteiger partial charge in [0.2, 0.25) is 0 Å². The van der Waals surface area contributed by atoms with Gasteiger partial charge in [-0.05, 0) is 37.8 Å². The van der Waals surface area contributed by atoms with Crippen LogP contribution in [-0.4, -0.2) is 29.6 Å². The third-order valence-electron chi connectivity index (χ3n) is 4.34. The summed E-state index contributed by atoms with van der Waals surface area (Å²) >= 11 is 0. The summed E-state index contributed by atoms with van der Waals surface area (Å²) in [6.45, 7) is 7.56. The second-order valence-electron chi connectivity index (χ2n) is 6.62. The summed E-state index contributed by atoms with van der Waals surface area (Å²) in [5, 5.41) is 6.99. The summed E-state index contributed by atoms with van der Waals surface area (Å²) in [6.07, 6.45) is 2.55. The minimum absolute atomic E-state index is 0.386. The predicted octanol–water partition coefficient (Wildman–Crippen LogP) is 3.68. The van der Waals surface area contributed by atoms with Crippen LogP contribution in [0.25, 0.3) is 11.4 Å². The van der Waals surface area contributed by atoms with Gasteiger partial charge in [0, 0.05) is 23.9 Å². The van der Waals surface area contributed by atoms with Crippen molar-refractivity contribution < 1.29 is 0 Å². The Hall–Kier alpha value is -1.94. The molecule has 0 spiro atoms. The summed E-state index contributed by atoms with van der Waals surface area (Å²) < 4.78 is 0. The molecule has 1 atom stereocenters. The molecule has 1 unspecified atom stereocenters. The lowest BCUT2D eigenvalue weighted by Gasteiger charge is -2.23. The number of rotatable bonds is 5. The van der Waals surface area contributed by atoms with Gasteiger partial charge in [0.1, 0.15) is 5.82 Å². The lowest BCUT2D eigenvalue weighted by atomic mass is 10.00. The number of aromatic nitrogens is 2. The third-order valence-corrected chi connectivity index (χ3v) is 4.34. The predicted molar refractivity (Wildman–Crippen MR) is 95.6 cm³/mol. The average molecular weight is 310 g/mol. The molecule has 0 radical (unpaired) electrons. The van der Waals surface area contributed by atoms with Crippen molar-refractivity contribution in [2.75, 3.05) is 25.0 Å². The van der Waals surface area contributed by atoms with Gasteiger partial charge < -0.3 is 10.6 Å². The van der Waals surface area contributed by atoms with Crippen molar-refractivity contribution in [2.24, 2.45) is 5.92 Å². The van der Waals surface area contributed by atoms with Crippen LogP contribution in [-0.2, 0) is 0 Å². The Balaban J connectivity index is 1.79. The number of benzene rings is 1. The molecular weight excluding hydrogens is 284 g/mol. The van der Waals surface area contributed by atoms with E-state index in [1.165, 1.54) is 12.8 Å². The summed E-state index contributed by atoms with van der Waals surface area (Å²) in [5.74, 6) is 2.81. The fourth-order valence-corrected chi connectivity index (χ4v) is 2.92. The summed E-state index contributed by atoms with van der Waals surface area (Å²) in [4.78, 5) is 9.46. The molecule has 2 N–H and O–H groups in total. The van der Waals surface area contributed by atoms with Crippen molar-refractivity contribution >= 4 is 5.82 Å². The van der Waals surface area contributed by atoms with Gasteiger partial charge in [0.15, 0.2) is 5.82 Å². The number of anilines is 1. The van der Waals surface area contributed by atoms with Gasteiger partial charge in [-0.15, -0.1) is 0 Å². The van der Waals surface area contributed by atoms with Crippen LogP contribution < -0.4 is 10.6 Å². The summed E-state index contributed by atoms with van der Waals surface area (Å²) in [5.41, 5.74) is 2.15. The molecule has 1 aromatic heterocycles. The Morgan fingerprint density at radius 2 is 2.04 bits per heavy atom. The van der Waals surface area contributed by atoms with Crippen molar-refractivity contribution in [1.82, 2.24) is 15.3 Å². The molecule has 0 amide bonds. The number of hydrogen-bond donors (Lipinski definition) is 2. The van der Waals surface area contributed by atoms with Gasteiger partial charge in [-0.25, -0.2) is 9.97 Å². The molecule has 23 heavy (non-hydrogen) atoms. The van der Waals surface area contributed by atoms with E-state index in [4.69, 9.17) is 9.97 Å². The topological polar surface area (TPSA) is 49.8 Å². The van der Waals surface area contributed by atoms with Crippen molar-refractivity contribution in [3.8, 4) is 11.4 Å². The molecule has 0 bridgehead atoms. The van der Waals surface area contributed by atoms with Crippen LogP contribution in [0.1, 0.15) is 38.3 Å². The van der Waals surface area contributed by atoms with Gasteiger partial charge in [-0.3, -0.25) is 0 Å². The van der Waals surface area contributed by atoms with Gasteiger partial charge in [-0.2, -0.15) is 0 Å². The molecule has 1 saturated heterocycles. The largest absolute Gasteiger partial charge is 0.370 e. The van der Waals surface area contributed by atoms with E-state index in [2.05, 4.69) is 42.7 Å². The molecule has 1 aromatic carbocycles. The maximum atomic E-state index is 4.73. The zero-order valence-corrected chi connectivity index (χ0v) is 14.0. The highest BCUT2D eigenvalue weighted by Gasteiger charge is 2.14. The first-order chi connectivity index (χ1) is 11.2. The standard InChI is InChI=1S/C19H26N4/c1-14(2)17-11-18(21-13-15-7-6-10-20-12-15)23-19(22-17)16-8-4-3-5-9-16/h3-5,8-9,11,14-15,20H,6-7,10,12-13H2,1-2H3,(H,21,22,23). The molecule has 1 aliphatic heterocycles. The molecule has 0 saturated carbocycles. The molecular formula is C19H26N4. The van der Waals surface area contributed by atoms with Crippen LogP contribution >= 0.6 is 0 Å². The van der Waals surface area contributed by atoms with Crippen LogP contribution in [0, 0.1) is 5.92 Å². The van der Waals surface area contributed by atoms with E-state index in [9.17, 15) is 0 Å². The Morgan fingerprint density at radius 1 is 1.22 bits per heavy atom. The quantitative estimate of drug-likeness (QED) is 0.884. The van der Waals surface area contributed by atoms with E-state index in [0.717, 1.165) is 42.5 Å². The van der Waals surface area contributed by atoms with Crippen LogP contribution in [0.15, 0.2) is 36.4 Å². The lowest BCUT2D eigenvalue weighted by Crippen LogP contribution is -2.33. The van der Waals surface area contributed by atoms with Gasteiger partial charge in [-0.1, -0.05) is 44.2 Å². The molecule has 2 heterocycles. The molecule has 0 aliphatic carbocycles.